The van der Waals surface area contributed by atoms with Crippen LogP contribution in [0.1, 0.15) is 11.3 Å². The summed E-state index contributed by atoms with van der Waals surface area (Å²) in [5, 5.41) is 6.22. The zero-order chi connectivity index (χ0) is 16.8. The summed E-state index contributed by atoms with van der Waals surface area (Å²) >= 11 is 0. The van der Waals surface area contributed by atoms with Crippen molar-refractivity contribution in [2.24, 2.45) is 5.73 Å². The van der Waals surface area contributed by atoms with Gasteiger partial charge >= 0.3 is 0 Å². The molecule has 24 heavy (non-hydrogen) atoms. The van der Waals surface area contributed by atoms with E-state index in [1.54, 1.807) is 20.0 Å². The summed E-state index contributed by atoms with van der Waals surface area (Å²) in [5.41, 5.74) is 6.91. The lowest BCUT2D eigenvalue weighted by atomic mass is 10.1. The van der Waals surface area contributed by atoms with Crippen molar-refractivity contribution >= 4 is 30.0 Å². The van der Waals surface area contributed by atoms with Gasteiger partial charge in [0.1, 0.15) is 5.76 Å². The molecule has 0 saturated heterocycles. The Morgan fingerprint density at radius 2 is 2.00 bits per heavy atom. The first-order valence-electron chi connectivity index (χ1n) is 7.23. The quantitative estimate of drug-likeness (QED) is 0.817. The third-order valence-electron chi connectivity index (χ3n) is 3.27. The van der Waals surface area contributed by atoms with E-state index in [4.69, 9.17) is 10.3 Å². The van der Waals surface area contributed by atoms with E-state index in [2.05, 4.69) is 10.5 Å². The van der Waals surface area contributed by atoms with Crippen LogP contribution < -0.4 is 11.1 Å². The minimum absolute atomic E-state index is 0. The van der Waals surface area contributed by atoms with Gasteiger partial charge in [-0.25, -0.2) is 0 Å². The van der Waals surface area contributed by atoms with E-state index < -0.39 is 6.04 Å². The highest BCUT2D eigenvalue weighted by molar-refractivity contribution is 5.94. The molecule has 2 aromatic rings. The van der Waals surface area contributed by atoms with Gasteiger partial charge in [-0.1, -0.05) is 35.5 Å². The molecule has 0 spiro atoms. The van der Waals surface area contributed by atoms with E-state index in [-0.39, 0.29) is 30.8 Å². The summed E-state index contributed by atoms with van der Waals surface area (Å²) in [7, 11) is 1.54. The number of rotatable bonds is 6. The maximum absolute atomic E-state index is 12.2. The van der Waals surface area contributed by atoms with Crippen LogP contribution in [0.4, 0.5) is 5.82 Å². The van der Waals surface area contributed by atoms with Crippen LogP contribution in [0.2, 0.25) is 0 Å². The number of halogens is 1. The molecule has 1 heterocycles. The van der Waals surface area contributed by atoms with Crippen molar-refractivity contribution in [2.45, 2.75) is 19.4 Å². The van der Waals surface area contributed by atoms with Gasteiger partial charge in [0.15, 0.2) is 5.82 Å². The number of benzene rings is 1. The number of hydrogen-bond donors (Lipinski definition) is 2. The highest BCUT2D eigenvalue weighted by Gasteiger charge is 2.20. The third kappa shape index (κ3) is 5.68. The fourth-order valence-electron chi connectivity index (χ4n) is 2.14. The van der Waals surface area contributed by atoms with Gasteiger partial charge in [0.25, 0.3) is 0 Å². The Labute approximate surface area is 146 Å². The fourth-order valence-corrected chi connectivity index (χ4v) is 2.14. The van der Waals surface area contributed by atoms with Crippen molar-refractivity contribution in [3.63, 3.8) is 0 Å². The lowest BCUT2D eigenvalue weighted by molar-refractivity contribution is -0.134. The van der Waals surface area contributed by atoms with Gasteiger partial charge in [0.2, 0.25) is 11.8 Å². The van der Waals surface area contributed by atoms with Crippen LogP contribution in [-0.2, 0) is 16.0 Å². The molecule has 2 amide bonds. The van der Waals surface area contributed by atoms with Gasteiger partial charge < -0.3 is 20.5 Å². The van der Waals surface area contributed by atoms with E-state index in [1.165, 1.54) is 4.90 Å². The Bertz CT molecular complexity index is 675. The number of likely N-dealkylation sites (N-methyl/N-ethyl adjacent to an activating group) is 1. The van der Waals surface area contributed by atoms with Gasteiger partial charge in [-0.05, 0) is 18.9 Å². The zero-order valence-electron chi connectivity index (χ0n) is 13.6. The number of carbonyl (C=O) groups excluding carboxylic acids is 2. The number of nitrogens with zero attached hydrogens (tertiary/aromatic N) is 2. The first kappa shape index (κ1) is 19.7. The lowest BCUT2D eigenvalue weighted by Crippen LogP contribution is -2.45. The molecule has 0 aliphatic carbocycles. The third-order valence-corrected chi connectivity index (χ3v) is 3.27. The molecule has 1 atom stereocenters. The van der Waals surface area contributed by atoms with Crippen LogP contribution in [0.15, 0.2) is 40.9 Å². The van der Waals surface area contributed by atoms with Gasteiger partial charge in [-0.2, -0.15) is 0 Å². The molecule has 3 N–H and O–H groups in total. The number of nitrogens with one attached hydrogen (secondary N) is 1. The largest absolute Gasteiger partial charge is 0.360 e. The van der Waals surface area contributed by atoms with Gasteiger partial charge in [0.05, 0.1) is 12.6 Å². The Morgan fingerprint density at radius 3 is 2.58 bits per heavy atom. The summed E-state index contributed by atoms with van der Waals surface area (Å²) in [6.07, 6.45) is 0.425. The molecule has 1 aromatic heterocycles. The summed E-state index contributed by atoms with van der Waals surface area (Å²) in [4.78, 5) is 25.4. The van der Waals surface area contributed by atoms with E-state index >= 15 is 0 Å². The Hall–Kier alpha value is -2.38. The van der Waals surface area contributed by atoms with Gasteiger partial charge in [-0.3, -0.25) is 9.59 Å². The molecule has 0 aliphatic heterocycles. The van der Waals surface area contributed by atoms with E-state index in [1.807, 2.05) is 30.3 Å². The average Bonchev–Trinajstić information content (AvgIpc) is 2.92. The molecule has 0 bridgehead atoms. The monoisotopic (exact) mass is 352 g/mol. The Kier molecular flexibility index (Phi) is 7.41. The number of aromatic nitrogens is 1. The summed E-state index contributed by atoms with van der Waals surface area (Å²) < 4.78 is 4.86. The van der Waals surface area contributed by atoms with Crippen LogP contribution in [0.5, 0.6) is 0 Å². The van der Waals surface area contributed by atoms with Crippen molar-refractivity contribution in [2.75, 3.05) is 18.9 Å². The van der Waals surface area contributed by atoms with Crippen LogP contribution in [0.25, 0.3) is 0 Å². The topological polar surface area (TPSA) is 101 Å². The van der Waals surface area contributed by atoms with Crippen LogP contribution in [0, 0.1) is 6.92 Å². The highest BCUT2D eigenvalue weighted by Crippen LogP contribution is 2.07. The standard InChI is InChI=1S/C16H20N4O3.ClH/c1-11-8-14(19-23-11)18-15(21)10-20(2)16(22)13(17)9-12-6-4-3-5-7-12;/h3-8,13H,9-10,17H2,1-2H3,(H,18,19,21);1H/t13-;/m0./s1. The molecule has 0 unspecified atom stereocenters. The molecule has 7 nitrogen and oxygen atoms in total. The van der Waals surface area contributed by atoms with E-state index in [9.17, 15) is 9.59 Å². The highest BCUT2D eigenvalue weighted by atomic mass is 35.5. The zero-order valence-corrected chi connectivity index (χ0v) is 14.4. The van der Waals surface area contributed by atoms with Crippen molar-refractivity contribution < 1.29 is 14.1 Å². The molecular formula is C16H21ClN4O3. The lowest BCUT2D eigenvalue weighted by Gasteiger charge is -2.20. The van der Waals surface area contributed by atoms with Crippen LogP contribution >= 0.6 is 12.4 Å². The number of amides is 2. The molecular weight excluding hydrogens is 332 g/mol. The number of aryl methyl sites for hydroxylation is 1. The number of hydrogen-bond acceptors (Lipinski definition) is 5. The molecule has 8 heteroatoms. The smallest absolute Gasteiger partial charge is 0.245 e. The number of anilines is 1. The number of carbonyl (C=O) groups is 2. The van der Waals surface area contributed by atoms with Crippen LogP contribution in [0.3, 0.4) is 0 Å². The fraction of sp³-hybridized carbons (Fsp3) is 0.312. The minimum Gasteiger partial charge on any atom is -0.360 e. The molecule has 0 fully saturated rings. The molecule has 0 saturated carbocycles. The van der Waals surface area contributed by atoms with E-state index in [0.717, 1.165) is 5.56 Å². The SMILES string of the molecule is Cc1cc(NC(=O)CN(C)C(=O)[C@@H](N)Cc2ccccc2)no1.Cl. The van der Waals surface area contributed by atoms with Gasteiger partial charge in [-0.15, -0.1) is 12.4 Å². The predicted molar refractivity (Wildman–Crippen MR) is 92.9 cm³/mol. The maximum atomic E-state index is 12.2. The van der Waals surface area contributed by atoms with Crippen molar-refractivity contribution in [3.05, 3.63) is 47.7 Å². The number of nitrogens with two attached hydrogens (primary N) is 1. The second-order valence-corrected chi connectivity index (χ2v) is 5.36. The summed E-state index contributed by atoms with van der Waals surface area (Å²) in [6, 6.07) is 10.4. The first-order valence-corrected chi connectivity index (χ1v) is 7.23. The van der Waals surface area contributed by atoms with Gasteiger partial charge in [0, 0.05) is 13.1 Å². The summed E-state index contributed by atoms with van der Waals surface area (Å²) in [6.45, 7) is 1.62. The first-order chi connectivity index (χ1) is 11.0. The molecule has 130 valence electrons. The predicted octanol–water partition coefficient (Wildman–Crippen LogP) is 1.37. The second-order valence-electron chi connectivity index (χ2n) is 5.36. The van der Waals surface area contributed by atoms with Crippen molar-refractivity contribution in [1.82, 2.24) is 10.1 Å². The van der Waals surface area contributed by atoms with Crippen molar-refractivity contribution in [1.29, 1.82) is 0 Å². The van der Waals surface area contributed by atoms with Crippen molar-refractivity contribution in [3.8, 4) is 0 Å². The second kappa shape index (κ2) is 9.05. The van der Waals surface area contributed by atoms with Crippen LogP contribution in [-0.4, -0.2) is 41.5 Å². The molecule has 2 rings (SSSR count). The molecule has 1 aromatic carbocycles. The van der Waals surface area contributed by atoms with E-state index in [0.29, 0.717) is 18.0 Å². The minimum atomic E-state index is -0.690. The Morgan fingerprint density at radius 1 is 1.33 bits per heavy atom. The maximum Gasteiger partial charge on any atom is 0.245 e. The summed E-state index contributed by atoms with van der Waals surface area (Å²) in [5.74, 6) is 0.262. The Balaban J connectivity index is 0.00000288. The normalized spacial score (nSPS) is 11.3. The average molecular weight is 353 g/mol. The molecule has 0 aliphatic rings. The molecule has 0 radical (unpaired) electrons.